The first-order chi connectivity index (χ1) is 16.6. The molecule has 0 aliphatic heterocycles. The van der Waals surface area contributed by atoms with Crippen molar-refractivity contribution < 1.29 is 4.79 Å². The van der Waals surface area contributed by atoms with Gasteiger partial charge < -0.3 is 0 Å². The zero-order valence-corrected chi connectivity index (χ0v) is 20.1. The van der Waals surface area contributed by atoms with Gasteiger partial charge in [-0.05, 0) is 41.8 Å². The molecule has 0 aliphatic carbocycles. The average molecular weight is 484 g/mol. The Balaban J connectivity index is 1.65. The molecule has 2 heterocycles. The van der Waals surface area contributed by atoms with Crippen LogP contribution in [-0.2, 0) is 11.3 Å². The summed E-state index contributed by atoms with van der Waals surface area (Å²) in [5, 5.41) is 1.25. The highest BCUT2D eigenvalue weighted by Crippen LogP contribution is 2.38. The molecule has 0 fully saturated rings. The van der Waals surface area contributed by atoms with E-state index < -0.39 is 5.92 Å². The lowest BCUT2D eigenvalue weighted by molar-refractivity contribution is -0.119. The number of hydrogen-bond acceptors (Lipinski definition) is 4. The lowest BCUT2D eigenvalue weighted by atomic mass is 9.90. The number of amides is 1. The third-order valence-electron chi connectivity index (χ3n) is 5.74. The Labute approximate surface area is 207 Å². The second-order valence-electron chi connectivity index (χ2n) is 8.04. The van der Waals surface area contributed by atoms with E-state index in [-0.39, 0.29) is 5.91 Å². The van der Waals surface area contributed by atoms with Gasteiger partial charge in [0.25, 0.3) is 0 Å². The Morgan fingerprint density at radius 2 is 1.56 bits per heavy atom. The molecule has 0 atom stereocenters. The summed E-state index contributed by atoms with van der Waals surface area (Å²) in [6, 6.07) is 29.3. The second-order valence-corrected chi connectivity index (χ2v) is 9.42. The number of benzene rings is 3. The second kappa shape index (κ2) is 9.75. The largest absolute Gasteiger partial charge is 0.281 e. The molecule has 6 heteroatoms. The quantitative estimate of drug-likeness (QED) is 0.261. The highest BCUT2D eigenvalue weighted by molar-refractivity contribution is 7.23. The van der Waals surface area contributed by atoms with Crippen molar-refractivity contribution in [2.24, 2.45) is 0 Å². The monoisotopic (exact) mass is 483 g/mol. The molecule has 0 N–H and O–H groups in total. The molecular weight excluding hydrogens is 462 g/mol. The van der Waals surface area contributed by atoms with Crippen LogP contribution in [0.25, 0.3) is 10.2 Å². The minimum atomic E-state index is -0.477. The zero-order chi connectivity index (χ0) is 23.5. The summed E-state index contributed by atoms with van der Waals surface area (Å²) in [5.74, 6) is -0.537. The summed E-state index contributed by atoms with van der Waals surface area (Å²) < 4.78 is 0.881. The number of pyridine rings is 1. The predicted molar refractivity (Wildman–Crippen MR) is 140 cm³/mol. The molecule has 1 amide bonds. The number of rotatable bonds is 6. The molecule has 5 aromatic rings. The Bertz CT molecular complexity index is 1340. The van der Waals surface area contributed by atoms with Gasteiger partial charge in [-0.2, -0.15) is 0 Å². The molecular formula is C28H22ClN3OS. The first-order valence-corrected chi connectivity index (χ1v) is 12.2. The fourth-order valence-corrected chi connectivity index (χ4v) is 5.35. The number of nitrogens with zero attached hydrogens (tertiary/aromatic N) is 3. The van der Waals surface area contributed by atoms with Crippen LogP contribution in [0, 0.1) is 6.92 Å². The fraction of sp³-hybridized carbons (Fsp3) is 0.107. The number of carbonyl (C=O) groups is 1. The van der Waals surface area contributed by atoms with Gasteiger partial charge in [-0.1, -0.05) is 95.7 Å². The van der Waals surface area contributed by atoms with Crippen LogP contribution in [-0.4, -0.2) is 15.9 Å². The van der Waals surface area contributed by atoms with Crippen LogP contribution < -0.4 is 4.90 Å². The lowest BCUT2D eigenvalue weighted by Crippen LogP contribution is -2.35. The molecule has 0 radical (unpaired) electrons. The molecule has 0 saturated heterocycles. The van der Waals surface area contributed by atoms with E-state index in [1.54, 1.807) is 11.1 Å². The molecule has 0 bridgehead atoms. The summed E-state index contributed by atoms with van der Waals surface area (Å²) >= 11 is 7.93. The summed E-state index contributed by atoms with van der Waals surface area (Å²) in [6.07, 6.45) is 1.74. The summed E-state index contributed by atoms with van der Waals surface area (Å²) in [7, 11) is 0. The van der Waals surface area contributed by atoms with E-state index in [4.69, 9.17) is 16.6 Å². The molecule has 0 saturated carbocycles. The molecule has 0 aliphatic rings. The van der Waals surface area contributed by atoms with E-state index in [9.17, 15) is 4.79 Å². The van der Waals surface area contributed by atoms with Gasteiger partial charge >= 0.3 is 0 Å². The van der Waals surface area contributed by atoms with Crippen LogP contribution in [0.1, 0.15) is 28.3 Å². The Morgan fingerprint density at radius 1 is 0.912 bits per heavy atom. The summed E-state index contributed by atoms with van der Waals surface area (Å²) in [4.78, 5) is 25.4. The summed E-state index contributed by atoms with van der Waals surface area (Å²) in [6.45, 7) is 2.32. The van der Waals surface area contributed by atoms with Crippen LogP contribution >= 0.6 is 22.9 Å². The molecule has 0 spiro atoms. The minimum absolute atomic E-state index is 0.0594. The van der Waals surface area contributed by atoms with Gasteiger partial charge in [-0.3, -0.25) is 14.7 Å². The summed E-state index contributed by atoms with van der Waals surface area (Å²) in [5.41, 5.74) is 4.50. The van der Waals surface area contributed by atoms with Crippen molar-refractivity contribution in [1.29, 1.82) is 0 Å². The first kappa shape index (κ1) is 22.3. The number of aromatic nitrogens is 2. The van der Waals surface area contributed by atoms with E-state index in [2.05, 4.69) is 4.98 Å². The third-order valence-corrected chi connectivity index (χ3v) is 7.28. The number of anilines is 1. The standard InChI is InChI=1S/C28H22ClN3OS/c1-19-15-16-23(29)26-25(19)31-28(34-26)32(18-22-14-8-9-17-30-22)27(33)24(20-10-4-2-5-11-20)21-12-6-3-7-13-21/h2-17,24H,18H2,1H3. The Kier molecular flexibility index (Phi) is 6.39. The van der Waals surface area contributed by atoms with Crippen molar-refractivity contribution in [3.8, 4) is 0 Å². The van der Waals surface area contributed by atoms with Crippen molar-refractivity contribution in [3.05, 3.63) is 125 Å². The third kappa shape index (κ3) is 4.45. The normalized spacial score (nSPS) is 11.1. The van der Waals surface area contributed by atoms with E-state index in [0.717, 1.165) is 32.6 Å². The van der Waals surface area contributed by atoms with Crippen molar-refractivity contribution in [1.82, 2.24) is 9.97 Å². The highest BCUT2D eigenvalue weighted by atomic mass is 35.5. The van der Waals surface area contributed by atoms with Gasteiger partial charge in [-0.25, -0.2) is 4.98 Å². The van der Waals surface area contributed by atoms with E-state index in [1.165, 1.54) is 11.3 Å². The minimum Gasteiger partial charge on any atom is -0.281 e. The van der Waals surface area contributed by atoms with Crippen molar-refractivity contribution in [2.45, 2.75) is 19.4 Å². The van der Waals surface area contributed by atoms with Crippen molar-refractivity contribution >= 4 is 44.2 Å². The molecule has 4 nitrogen and oxygen atoms in total. The molecule has 2 aromatic heterocycles. The fourth-order valence-electron chi connectivity index (χ4n) is 4.02. The Morgan fingerprint density at radius 3 is 2.15 bits per heavy atom. The van der Waals surface area contributed by atoms with Gasteiger partial charge in [-0.15, -0.1) is 0 Å². The number of halogens is 1. The van der Waals surface area contributed by atoms with E-state index >= 15 is 0 Å². The molecule has 5 rings (SSSR count). The van der Waals surface area contributed by atoms with Gasteiger partial charge in [0.2, 0.25) is 5.91 Å². The van der Waals surface area contributed by atoms with Crippen molar-refractivity contribution in [3.63, 3.8) is 0 Å². The maximum absolute atomic E-state index is 14.3. The lowest BCUT2D eigenvalue weighted by Gasteiger charge is -2.26. The molecule has 168 valence electrons. The van der Waals surface area contributed by atoms with Crippen LogP contribution in [0.4, 0.5) is 5.13 Å². The number of hydrogen-bond donors (Lipinski definition) is 0. The smallest absolute Gasteiger partial charge is 0.241 e. The van der Waals surface area contributed by atoms with Crippen LogP contribution in [0.15, 0.2) is 97.2 Å². The predicted octanol–water partition coefficient (Wildman–Crippen LogP) is 7.02. The SMILES string of the molecule is Cc1ccc(Cl)c2sc(N(Cc3ccccn3)C(=O)C(c3ccccc3)c3ccccc3)nc12. The van der Waals surface area contributed by atoms with Gasteiger partial charge in [0, 0.05) is 6.20 Å². The maximum Gasteiger partial charge on any atom is 0.241 e. The highest BCUT2D eigenvalue weighted by Gasteiger charge is 2.31. The maximum atomic E-state index is 14.3. The topological polar surface area (TPSA) is 46.1 Å². The number of aryl methyl sites for hydroxylation is 1. The van der Waals surface area contributed by atoms with Crippen LogP contribution in [0.3, 0.4) is 0 Å². The van der Waals surface area contributed by atoms with Crippen LogP contribution in [0.2, 0.25) is 5.02 Å². The van der Waals surface area contributed by atoms with Crippen molar-refractivity contribution in [2.75, 3.05) is 4.90 Å². The van der Waals surface area contributed by atoms with E-state index in [1.807, 2.05) is 97.9 Å². The Hall–Kier alpha value is -3.54. The molecule has 0 unspecified atom stereocenters. The first-order valence-electron chi connectivity index (χ1n) is 11.0. The molecule has 34 heavy (non-hydrogen) atoms. The zero-order valence-electron chi connectivity index (χ0n) is 18.6. The van der Waals surface area contributed by atoms with Gasteiger partial charge in [0.05, 0.1) is 33.4 Å². The number of fused-ring (bicyclic) bond motifs is 1. The molecule has 3 aromatic carbocycles. The number of carbonyl (C=O) groups excluding carboxylic acids is 1. The van der Waals surface area contributed by atoms with Gasteiger partial charge in [0.1, 0.15) is 0 Å². The number of thiazole rings is 1. The van der Waals surface area contributed by atoms with Crippen LogP contribution in [0.5, 0.6) is 0 Å². The van der Waals surface area contributed by atoms with E-state index in [0.29, 0.717) is 16.7 Å². The average Bonchev–Trinajstić information content (AvgIpc) is 3.34. The van der Waals surface area contributed by atoms with Gasteiger partial charge in [0.15, 0.2) is 5.13 Å².